The van der Waals surface area contributed by atoms with Crippen LogP contribution in [0.3, 0.4) is 0 Å². The number of carbonyl (C=O) groups excluding carboxylic acids is 1. The van der Waals surface area contributed by atoms with E-state index in [-0.39, 0.29) is 24.1 Å². The van der Waals surface area contributed by atoms with Crippen molar-refractivity contribution in [2.24, 2.45) is 0 Å². The van der Waals surface area contributed by atoms with Crippen LogP contribution in [0.25, 0.3) is 0 Å². The number of halogens is 1. The number of urea groups is 1. The number of rotatable bonds is 5. The summed E-state index contributed by atoms with van der Waals surface area (Å²) in [5.41, 5.74) is 2.85. The summed E-state index contributed by atoms with van der Waals surface area (Å²) < 4.78 is 18.6. The van der Waals surface area contributed by atoms with Crippen molar-refractivity contribution in [3.05, 3.63) is 59.9 Å². The van der Waals surface area contributed by atoms with E-state index in [2.05, 4.69) is 29.4 Å². The van der Waals surface area contributed by atoms with Crippen LogP contribution in [0.5, 0.6) is 0 Å². The van der Waals surface area contributed by atoms with Crippen molar-refractivity contribution in [2.75, 3.05) is 29.9 Å². The van der Waals surface area contributed by atoms with Gasteiger partial charge in [-0.05, 0) is 62.2 Å². The van der Waals surface area contributed by atoms with E-state index in [4.69, 9.17) is 4.74 Å². The summed E-state index contributed by atoms with van der Waals surface area (Å²) in [7, 11) is 0. The third kappa shape index (κ3) is 5.69. The van der Waals surface area contributed by atoms with Crippen molar-refractivity contribution in [3.8, 4) is 0 Å². The third-order valence-electron chi connectivity index (χ3n) is 4.52. The smallest absolute Gasteiger partial charge is 0.319 e. The van der Waals surface area contributed by atoms with Crippen molar-refractivity contribution >= 4 is 17.4 Å². The van der Waals surface area contributed by atoms with E-state index < -0.39 is 0 Å². The van der Waals surface area contributed by atoms with Crippen LogP contribution in [-0.2, 0) is 11.2 Å². The zero-order chi connectivity index (χ0) is 19.2. The maximum atomic E-state index is 12.9. The molecule has 144 valence electrons. The van der Waals surface area contributed by atoms with Gasteiger partial charge in [0.2, 0.25) is 0 Å². The van der Waals surface area contributed by atoms with Crippen molar-refractivity contribution in [1.29, 1.82) is 0 Å². The molecule has 0 radical (unpaired) electrons. The van der Waals surface area contributed by atoms with Crippen molar-refractivity contribution in [2.45, 2.75) is 32.5 Å². The molecule has 0 spiro atoms. The van der Waals surface area contributed by atoms with Gasteiger partial charge < -0.3 is 20.3 Å². The summed E-state index contributed by atoms with van der Waals surface area (Å²) in [6.45, 7) is 6.37. The highest BCUT2D eigenvalue weighted by molar-refractivity contribution is 5.89. The van der Waals surface area contributed by atoms with Gasteiger partial charge in [-0.25, -0.2) is 9.18 Å². The van der Waals surface area contributed by atoms with Crippen LogP contribution >= 0.6 is 0 Å². The van der Waals surface area contributed by atoms with Gasteiger partial charge in [-0.15, -0.1) is 0 Å². The second-order valence-electron chi connectivity index (χ2n) is 6.97. The van der Waals surface area contributed by atoms with Crippen LogP contribution in [0.15, 0.2) is 48.5 Å². The van der Waals surface area contributed by atoms with Crippen LogP contribution in [-0.4, -0.2) is 37.9 Å². The number of nitrogens with zero attached hydrogens (tertiary/aromatic N) is 1. The Labute approximate surface area is 159 Å². The van der Waals surface area contributed by atoms with E-state index in [0.717, 1.165) is 30.0 Å². The average Bonchev–Trinajstić information content (AvgIpc) is 2.63. The van der Waals surface area contributed by atoms with Crippen LogP contribution in [0.4, 0.5) is 20.6 Å². The van der Waals surface area contributed by atoms with Gasteiger partial charge in [-0.3, -0.25) is 0 Å². The lowest BCUT2D eigenvalue weighted by molar-refractivity contribution is -0.00521. The summed E-state index contributed by atoms with van der Waals surface area (Å²) in [5.74, 6) is -0.256. The molecule has 1 fully saturated rings. The molecule has 27 heavy (non-hydrogen) atoms. The minimum atomic E-state index is -0.256. The van der Waals surface area contributed by atoms with Gasteiger partial charge in [0, 0.05) is 31.0 Å². The molecule has 2 amide bonds. The van der Waals surface area contributed by atoms with E-state index in [1.807, 2.05) is 24.3 Å². The zero-order valence-electron chi connectivity index (χ0n) is 15.7. The number of carbonyl (C=O) groups is 1. The van der Waals surface area contributed by atoms with Crippen LogP contribution in [0.1, 0.15) is 19.4 Å². The molecule has 1 saturated heterocycles. The van der Waals surface area contributed by atoms with Crippen LogP contribution < -0.4 is 15.5 Å². The highest BCUT2D eigenvalue weighted by atomic mass is 19.1. The number of morpholine rings is 1. The Balaban J connectivity index is 1.46. The summed E-state index contributed by atoms with van der Waals surface area (Å²) in [4.78, 5) is 14.3. The maximum absolute atomic E-state index is 12.9. The van der Waals surface area contributed by atoms with E-state index in [0.29, 0.717) is 13.0 Å². The van der Waals surface area contributed by atoms with Crippen molar-refractivity contribution in [1.82, 2.24) is 5.32 Å². The Hall–Kier alpha value is -2.60. The molecular formula is C21H26FN3O2. The Morgan fingerprint density at radius 2 is 1.70 bits per heavy atom. The fraction of sp³-hybridized carbons (Fsp3) is 0.381. The van der Waals surface area contributed by atoms with E-state index in [9.17, 15) is 9.18 Å². The van der Waals surface area contributed by atoms with Crippen LogP contribution in [0, 0.1) is 5.82 Å². The van der Waals surface area contributed by atoms with Gasteiger partial charge in [-0.2, -0.15) is 0 Å². The molecule has 2 aromatic carbocycles. The average molecular weight is 371 g/mol. The molecule has 1 aliphatic heterocycles. The number of ether oxygens (including phenoxy) is 1. The lowest BCUT2D eigenvalue weighted by Crippen LogP contribution is -2.45. The monoisotopic (exact) mass is 371 g/mol. The highest BCUT2D eigenvalue weighted by Gasteiger charge is 2.22. The molecule has 0 aromatic heterocycles. The Kier molecular flexibility index (Phi) is 6.29. The first-order valence-electron chi connectivity index (χ1n) is 9.29. The number of benzene rings is 2. The Morgan fingerprint density at radius 3 is 2.33 bits per heavy atom. The number of anilines is 2. The first-order valence-corrected chi connectivity index (χ1v) is 9.29. The molecule has 2 unspecified atom stereocenters. The van der Waals surface area contributed by atoms with Gasteiger partial charge >= 0.3 is 6.03 Å². The number of nitrogens with one attached hydrogen (secondary N) is 2. The van der Waals surface area contributed by atoms with Gasteiger partial charge in [0.05, 0.1) is 12.2 Å². The molecule has 6 heteroatoms. The zero-order valence-corrected chi connectivity index (χ0v) is 15.7. The minimum Gasteiger partial charge on any atom is -0.372 e. The topological polar surface area (TPSA) is 53.6 Å². The van der Waals surface area contributed by atoms with Gasteiger partial charge in [0.25, 0.3) is 0 Å². The molecule has 2 N–H and O–H groups in total. The number of hydrogen-bond donors (Lipinski definition) is 2. The molecule has 1 aliphatic rings. The standard InChI is InChI=1S/C21H26FN3O2/c1-15-13-25(14-16(2)27-15)20-9-7-19(8-10-20)24-21(26)23-12-11-17-3-5-18(22)6-4-17/h3-10,15-16H,11-14H2,1-2H3,(H2,23,24,26). The molecule has 0 saturated carbocycles. The second kappa shape index (κ2) is 8.86. The first-order chi connectivity index (χ1) is 13.0. The van der Waals surface area contributed by atoms with E-state index >= 15 is 0 Å². The molecule has 0 bridgehead atoms. The molecule has 0 aliphatic carbocycles. The largest absolute Gasteiger partial charge is 0.372 e. The maximum Gasteiger partial charge on any atom is 0.319 e. The Morgan fingerprint density at radius 1 is 1.07 bits per heavy atom. The Bertz CT molecular complexity index is 739. The molecule has 2 aromatic rings. The van der Waals surface area contributed by atoms with Crippen molar-refractivity contribution < 1.29 is 13.9 Å². The normalized spacial score (nSPS) is 19.6. The molecule has 2 atom stereocenters. The van der Waals surface area contributed by atoms with E-state index in [1.54, 1.807) is 12.1 Å². The molecule has 1 heterocycles. The summed E-state index contributed by atoms with van der Waals surface area (Å²) in [6, 6.07) is 13.9. The van der Waals surface area contributed by atoms with Gasteiger partial charge in [-0.1, -0.05) is 12.1 Å². The van der Waals surface area contributed by atoms with E-state index in [1.165, 1.54) is 12.1 Å². The predicted molar refractivity (Wildman–Crippen MR) is 106 cm³/mol. The second-order valence-corrected chi connectivity index (χ2v) is 6.97. The number of amides is 2. The fourth-order valence-corrected chi connectivity index (χ4v) is 3.29. The molecular weight excluding hydrogens is 345 g/mol. The highest BCUT2D eigenvalue weighted by Crippen LogP contribution is 2.22. The minimum absolute atomic E-state index is 0.207. The lowest BCUT2D eigenvalue weighted by atomic mass is 10.1. The summed E-state index contributed by atoms with van der Waals surface area (Å²) in [5, 5.41) is 5.64. The third-order valence-corrected chi connectivity index (χ3v) is 4.52. The first kappa shape index (κ1) is 19.2. The number of hydrogen-bond acceptors (Lipinski definition) is 3. The fourth-order valence-electron chi connectivity index (χ4n) is 3.29. The van der Waals surface area contributed by atoms with Crippen molar-refractivity contribution in [3.63, 3.8) is 0 Å². The van der Waals surface area contributed by atoms with Crippen LogP contribution in [0.2, 0.25) is 0 Å². The van der Waals surface area contributed by atoms with Gasteiger partial charge in [0.1, 0.15) is 5.82 Å². The lowest BCUT2D eigenvalue weighted by Gasteiger charge is -2.36. The summed E-state index contributed by atoms with van der Waals surface area (Å²) >= 11 is 0. The molecule has 3 rings (SSSR count). The predicted octanol–water partition coefficient (Wildman–Crippen LogP) is 3.80. The SMILES string of the molecule is CC1CN(c2ccc(NC(=O)NCCc3ccc(F)cc3)cc2)CC(C)O1. The quantitative estimate of drug-likeness (QED) is 0.840. The van der Waals surface area contributed by atoms with Gasteiger partial charge in [0.15, 0.2) is 0 Å². The molecule has 5 nitrogen and oxygen atoms in total. The summed E-state index contributed by atoms with van der Waals surface area (Å²) in [6.07, 6.45) is 1.07.